The van der Waals surface area contributed by atoms with Gasteiger partial charge >= 0.3 is 6.09 Å². The van der Waals surface area contributed by atoms with Crippen LogP contribution in [0.4, 0.5) is 4.79 Å². The Hall–Kier alpha value is -1.79. The second-order valence-electron chi connectivity index (χ2n) is 7.72. The average molecular weight is 365 g/mol. The SMILES string of the molecule is CCCCOc1ccc([C@]2(NC(=O)OC(C)(C)C)COC[C@H]2CO)cc1. The van der Waals surface area contributed by atoms with Crippen LogP contribution in [0.15, 0.2) is 24.3 Å². The van der Waals surface area contributed by atoms with Gasteiger partial charge in [-0.2, -0.15) is 0 Å². The lowest BCUT2D eigenvalue weighted by Gasteiger charge is -2.35. The Morgan fingerprint density at radius 3 is 2.62 bits per heavy atom. The lowest BCUT2D eigenvalue weighted by Crippen LogP contribution is -2.53. The largest absolute Gasteiger partial charge is 0.494 e. The summed E-state index contributed by atoms with van der Waals surface area (Å²) in [7, 11) is 0. The number of ether oxygens (including phenoxy) is 3. The summed E-state index contributed by atoms with van der Waals surface area (Å²) in [4.78, 5) is 12.4. The first-order valence-corrected chi connectivity index (χ1v) is 9.24. The minimum Gasteiger partial charge on any atom is -0.494 e. The molecule has 1 aromatic carbocycles. The van der Waals surface area contributed by atoms with Gasteiger partial charge in [-0.05, 0) is 44.9 Å². The van der Waals surface area contributed by atoms with Gasteiger partial charge in [0.1, 0.15) is 11.4 Å². The van der Waals surface area contributed by atoms with Crippen molar-refractivity contribution >= 4 is 6.09 Å². The van der Waals surface area contributed by atoms with E-state index in [0.717, 1.165) is 24.2 Å². The normalized spacial score (nSPS) is 22.9. The van der Waals surface area contributed by atoms with E-state index in [9.17, 15) is 9.90 Å². The van der Waals surface area contributed by atoms with Gasteiger partial charge in [-0.1, -0.05) is 25.5 Å². The second kappa shape index (κ2) is 8.73. The zero-order valence-corrected chi connectivity index (χ0v) is 16.2. The van der Waals surface area contributed by atoms with E-state index in [1.807, 2.05) is 45.0 Å². The molecule has 2 atom stereocenters. The van der Waals surface area contributed by atoms with Crippen LogP contribution >= 0.6 is 0 Å². The standard InChI is InChI=1S/C20H31NO5/c1-5-6-11-25-17-9-7-15(8-10-17)20(14-24-13-16(20)12-22)21-18(23)26-19(2,3)4/h7-10,16,22H,5-6,11-14H2,1-4H3,(H,21,23)/t16-,20-/m1/s1. The molecule has 2 N–H and O–H groups in total. The van der Waals surface area contributed by atoms with E-state index in [2.05, 4.69) is 12.2 Å². The van der Waals surface area contributed by atoms with Crippen LogP contribution in [0.25, 0.3) is 0 Å². The molecule has 2 rings (SSSR count). The average Bonchev–Trinajstić information content (AvgIpc) is 2.97. The smallest absolute Gasteiger partial charge is 0.408 e. The quantitative estimate of drug-likeness (QED) is 0.726. The van der Waals surface area contributed by atoms with E-state index < -0.39 is 17.2 Å². The van der Waals surface area contributed by atoms with Gasteiger partial charge in [0, 0.05) is 5.92 Å². The van der Waals surface area contributed by atoms with Crippen LogP contribution in [-0.4, -0.2) is 43.2 Å². The molecule has 1 amide bonds. The van der Waals surface area contributed by atoms with Crippen molar-refractivity contribution in [1.82, 2.24) is 5.32 Å². The maximum absolute atomic E-state index is 12.4. The van der Waals surface area contributed by atoms with Crippen LogP contribution in [0, 0.1) is 5.92 Å². The van der Waals surface area contributed by atoms with Crippen LogP contribution < -0.4 is 10.1 Å². The molecule has 1 aliphatic rings. The number of carbonyl (C=O) groups excluding carboxylic acids is 1. The monoisotopic (exact) mass is 365 g/mol. The molecule has 0 bridgehead atoms. The number of unbranched alkanes of at least 4 members (excludes halogenated alkanes) is 1. The molecule has 1 heterocycles. The summed E-state index contributed by atoms with van der Waals surface area (Å²) in [5, 5.41) is 12.8. The Balaban J connectivity index is 2.20. The highest BCUT2D eigenvalue weighted by Crippen LogP contribution is 2.36. The Bertz CT molecular complexity index is 581. The second-order valence-corrected chi connectivity index (χ2v) is 7.72. The highest BCUT2D eigenvalue weighted by Gasteiger charge is 2.47. The summed E-state index contributed by atoms with van der Waals surface area (Å²) >= 11 is 0. The van der Waals surface area contributed by atoms with Gasteiger partial charge in [-0.25, -0.2) is 4.79 Å². The number of rotatable bonds is 7. The van der Waals surface area contributed by atoms with Crippen molar-refractivity contribution in [3.63, 3.8) is 0 Å². The lowest BCUT2D eigenvalue weighted by molar-refractivity contribution is 0.0395. The Morgan fingerprint density at radius 1 is 1.35 bits per heavy atom. The fourth-order valence-electron chi connectivity index (χ4n) is 3.03. The topological polar surface area (TPSA) is 77.0 Å². The molecule has 0 spiro atoms. The molecule has 26 heavy (non-hydrogen) atoms. The van der Waals surface area contributed by atoms with E-state index in [1.165, 1.54) is 0 Å². The first kappa shape index (κ1) is 20.5. The minimum atomic E-state index is -0.820. The number of hydrogen-bond acceptors (Lipinski definition) is 5. The van der Waals surface area contributed by atoms with Gasteiger partial charge in [-0.15, -0.1) is 0 Å². The maximum atomic E-state index is 12.4. The van der Waals surface area contributed by atoms with Crippen LogP contribution in [0.2, 0.25) is 0 Å². The number of benzene rings is 1. The van der Waals surface area contributed by atoms with Crippen molar-refractivity contribution in [1.29, 1.82) is 0 Å². The van der Waals surface area contributed by atoms with Crippen molar-refractivity contribution in [2.24, 2.45) is 5.92 Å². The number of nitrogens with one attached hydrogen (secondary N) is 1. The number of aliphatic hydroxyl groups excluding tert-OH is 1. The molecule has 1 aromatic rings. The molecule has 6 heteroatoms. The summed E-state index contributed by atoms with van der Waals surface area (Å²) in [6, 6.07) is 7.60. The third-order valence-corrected chi connectivity index (χ3v) is 4.43. The van der Waals surface area contributed by atoms with Crippen molar-refractivity contribution in [3.8, 4) is 5.75 Å². The number of alkyl carbamates (subject to hydrolysis) is 1. The summed E-state index contributed by atoms with van der Waals surface area (Å²) < 4.78 is 16.7. The summed E-state index contributed by atoms with van der Waals surface area (Å²) in [6.07, 6.45) is 1.56. The number of carbonyl (C=O) groups is 1. The van der Waals surface area contributed by atoms with E-state index in [0.29, 0.717) is 13.2 Å². The lowest BCUT2D eigenvalue weighted by atomic mass is 9.81. The van der Waals surface area contributed by atoms with E-state index in [4.69, 9.17) is 14.2 Å². The number of aliphatic hydroxyl groups is 1. The van der Waals surface area contributed by atoms with Gasteiger partial charge < -0.3 is 24.6 Å². The van der Waals surface area contributed by atoms with Crippen molar-refractivity contribution in [3.05, 3.63) is 29.8 Å². The van der Waals surface area contributed by atoms with E-state index >= 15 is 0 Å². The number of hydrogen-bond donors (Lipinski definition) is 2. The fraction of sp³-hybridized carbons (Fsp3) is 0.650. The minimum absolute atomic E-state index is 0.0927. The molecule has 0 aliphatic carbocycles. The predicted molar refractivity (Wildman–Crippen MR) is 99.3 cm³/mol. The van der Waals surface area contributed by atoms with Gasteiger partial charge in [-0.3, -0.25) is 0 Å². The van der Waals surface area contributed by atoms with Crippen molar-refractivity contribution < 1.29 is 24.1 Å². The first-order valence-electron chi connectivity index (χ1n) is 9.24. The summed E-state index contributed by atoms with van der Waals surface area (Å²) in [6.45, 7) is 8.81. The fourth-order valence-corrected chi connectivity index (χ4v) is 3.03. The van der Waals surface area contributed by atoms with Gasteiger partial charge in [0.25, 0.3) is 0 Å². The Kier molecular flexibility index (Phi) is 6.89. The molecule has 0 unspecified atom stereocenters. The zero-order chi connectivity index (χ0) is 19.2. The van der Waals surface area contributed by atoms with Crippen molar-refractivity contribution in [2.45, 2.75) is 51.7 Å². The van der Waals surface area contributed by atoms with Gasteiger partial charge in [0.15, 0.2) is 0 Å². The molecule has 0 aromatic heterocycles. The number of amides is 1. The Labute approximate surface area is 155 Å². The van der Waals surface area contributed by atoms with Gasteiger partial charge in [0.2, 0.25) is 0 Å². The van der Waals surface area contributed by atoms with E-state index in [1.54, 1.807) is 0 Å². The molecular weight excluding hydrogens is 334 g/mol. The molecule has 1 fully saturated rings. The van der Waals surface area contributed by atoms with Crippen molar-refractivity contribution in [2.75, 3.05) is 26.4 Å². The molecule has 1 aliphatic heterocycles. The van der Waals surface area contributed by atoms with Crippen LogP contribution in [0.5, 0.6) is 5.75 Å². The maximum Gasteiger partial charge on any atom is 0.408 e. The van der Waals surface area contributed by atoms with Crippen LogP contribution in [-0.2, 0) is 15.0 Å². The Morgan fingerprint density at radius 2 is 2.04 bits per heavy atom. The zero-order valence-electron chi connectivity index (χ0n) is 16.2. The molecule has 6 nitrogen and oxygen atoms in total. The third-order valence-electron chi connectivity index (χ3n) is 4.43. The molecular formula is C20H31NO5. The summed E-state index contributed by atoms with van der Waals surface area (Å²) in [5.41, 5.74) is -0.558. The molecule has 0 radical (unpaired) electrons. The molecule has 0 saturated carbocycles. The summed E-state index contributed by atoms with van der Waals surface area (Å²) in [5.74, 6) is 0.538. The predicted octanol–water partition coefficient (Wildman–Crippen LogP) is 3.22. The molecule has 146 valence electrons. The van der Waals surface area contributed by atoms with E-state index in [-0.39, 0.29) is 19.1 Å². The van der Waals surface area contributed by atoms with Crippen LogP contribution in [0.1, 0.15) is 46.1 Å². The highest BCUT2D eigenvalue weighted by atomic mass is 16.6. The molecule has 1 saturated heterocycles. The van der Waals surface area contributed by atoms with Gasteiger partial charge in [0.05, 0.1) is 32.0 Å². The third kappa shape index (κ3) is 5.11. The highest BCUT2D eigenvalue weighted by molar-refractivity contribution is 5.69. The van der Waals surface area contributed by atoms with Crippen LogP contribution in [0.3, 0.4) is 0 Å². The first-order chi connectivity index (χ1) is 12.3.